The lowest BCUT2D eigenvalue weighted by Gasteiger charge is -2.26. The number of nitrogens with zero attached hydrogens (tertiary/aromatic N) is 2. The number of halogens is 6. The smallest absolute Gasteiger partial charge is 0.407 e. The minimum atomic E-state index is -4.92. The summed E-state index contributed by atoms with van der Waals surface area (Å²) in [5, 5.41) is 0. The lowest BCUT2D eigenvalue weighted by molar-refractivity contribution is -0.136. The van der Waals surface area contributed by atoms with Gasteiger partial charge in [-0.3, -0.25) is 0 Å². The molecular formula is C22H16F6N2O3S. The highest BCUT2D eigenvalue weighted by molar-refractivity contribution is 7.90. The summed E-state index contributed by atoms with van der Waals surface area (Å²) >= 11 is 0. The third-order valence-electron chi connectivity index (χ3n) is 4.72. The Hall–Kier alpha value is -3.46. The number of rotatable bonds is 6. The number of alkyl halides is 6. The van der Waals surface area contributed by atoms with Gasteiger partial charge in [-0.2, -0.15) is 26.3 Å². The molecule has 1 heterocycles. The second kappa shape index (κ2) is 9.06. The van der Waals surface area contributed by atoms with Crippen molar-refractivity contribution >= 4 is 21.2 Å². The quantitative estimate of drug-likeness (QED) is 0.286. The van der Waals surface area contributed by atoms with Gasteiger partial charge in [0.2, 0.25) is 0 Å². The molecule has 0 bridgehead atoms. The maximum absolute atomic E-state index is 13.3. The van der Waals surface area contributed by atoms with E-state index in [4.69, 9.17) is 11.0 Å². The average Bonchev–Trinajstić information content (AvgIpc) is 3.19. The second-order valence-electron chi connectivity index (χ2n) is 7.34. The first-order valence-electron chi connectivity index (χ1n) is 9.47. The summed E-state index contributed by atoms with van der Waals surface area (Å²) in [6.07, 6.45) is -8.61. The van der Waals surface area contributed by atoms with Crippen molar-refractivity contribution in [2.24, 2.45) is 0 Å². The molecule has 0 radical (unpaired) electrons. The van der Waals surface area contributed by atoms with Crippen LogP contribution < -0.4 is 4.90 Å². The molecule has 0 saturated carbocycles. The Morgan fingerprint density at radius 1 is 0.971 bits per heavy atom. The normalized spacial score (nSPS) is 12.4. The molecule has 2 aromatic carbocycles. The first-order valence-corrected chi connectivity index (χ1v) is 11.4. The molecule has 180 valence electrons. The van der Waals surface area contributed by atoms with E-state index >= 15 is 0 Å². The summed E-state index contributed by atoms with van der Waals surface area (Å²) < 4.78 is 108. The standard InChI is InChI=1S/C22H16F6N2O3S/c1-29-19-9-5-15(11-18(19)22(26,27)28)30(13-21(23,24)25)12-16-6-10-20(33-16)14-3-7-17(8-4-14)34(2,31)32/h3-11H,12-13H2,2H3. The van der Waals surface area contributed by atoms with Crippen molar-refractivity contribution in [3.63, 3.8) is 0 Å². The van der Waals surface area contributed by atoms with Gasteiger partial charge in [0.15, 0.2) is 15.5 Å². The average molecular weight is 502 g/mol. The highest BCUT2D eigenvalue weighted by Crippen LogP contribution is 2.39. The first-order chi connectivity index (χ1) is 15.7. The van der Waals surface area contributed by atoms with Gasteiger partial charge in [0.1, 0.15) is 18.1 Å². The van der Waals surface area contributed by atoms with Gasteiger partial charge in [-0.1, -0.05) is 6.07 Å². The monoisotopic (exact) mass is 502 g/mol. The fourth-order valence-electron chi connectivity index (χ4n) is 3.17. The fourth-order valence-corrected chi connectivity index (χ4v) is 3.80. The van der Waals surface area contributed by atoms with Crippen molar-refractivity contribution in [3.05, 3.63) is 77.3 Å². The minimum Gasteiger partial charge on any atom is -0.459 e. The third kappa shape index (κ3) is 6.11. The maximum atomic E-state index is 13.3. The molecule has 1 aromatic heterocycles. The Kier molecular flexibility index (Phi) is 6.71. The van der Waals surface area contributed by atoms with E-state index in [1.807, 2.05) is 0 Å². The lowest BCUT2D eigenvalue weighted by atomic mass is 10.1. The fraction of sp³-hybridized carbons (Fsp3) is 0.227. The van der Waals surface area contributed by atoms with Crippen LogP contribution in [0.5, 0.6) is 0 Å². The number of sulfone groups is 1. The van der Waals surface area contributed by atoms with Crippen molar-refractivity contribution in [3.8, 4) is 11.3 Å². The number of benzene rings is 2. The predicted octanol–water partition coefficient (Wildman–Crippen LogP) is 6.49. The Labute approximate surface area is 191 Å². The van der Waals surface area contributed by atoms with E-state index in [1.165, 1.54) is 36.4 Å². The number of hydrogen-bond donors (Lipinski definition) is 0. The molecule has 5 nitrogen and oxygen atoms in total. The molecule has 0 unspecified atom stereocenters. The molecule has 3 rings (SSSR count). The Bertz CT molecular complexity index is 1320. The van der Waals surface area contributed by atoms with E-state index in [9.17, 15) is 34.8 Å². The van der Waals surface area contributed by atoms with Crippen LogP contribution >= 0.6 is 0 Å². The van der Waals surface area contributed by atoms with Crippen LogP contribution in [0.1, 0.15) is 11.3 Å². The molecule has 3 aromatic rings. The van der Waals surface area contributed by atoms with Crippen LogP contribution in [0.2, 0.25) is 0 Å². The molecule has 0 aliphatic carbocycles. The molecule has 0 saturated heterocycles. The molecule has 0 atom stereocenters. The van der Waals surface area contributed by atoms with Crippen molar-refractivity contribution < 1.29 is 39.2 Å². The Morgan fingerprint density at radius 2 is 1.62 bits per heavy atom. The molecule has 12 heteroatoms. The molecule has 0 fully saturated rings. The maximum Gasteiger partial charge on any atom is 0.407 e. The SMILES string of the molecule is [C-]#[N+]c1ccc(N(Cc2ccc(-c3ccc(S(C)(=O)=O)cc3)o2)CC(F)(F)F)cc1C(F)(F)F. The summed E-state index contributed by atoms with van der Waals surface area (Å²) in [6.45, 7) is 4.82. The minimum absolute atomic E-state index is 0.0363. The number of furan rings is 1. The number of hydrogen-bond acceptors (Lipinski definition) is 4. The van der Waals surface area contributed by atoms with E-state index in [-0.39, 0.29) is 22.1 Å². The Balaban J connectivity index is 1.93. The van der Waals surface area contributed by atoms with Crippen molar-refractivity contribution in [2.75, 3.05) is 17.7 Å². The molecular weight excluding hydrogens is 486 g/mol. The van der Waals surface area contributed by atoms with Crippen LogP contribution in [0.4, 0.5) is 37.7 Å². The van der Waals surface area contributed by atoms with Crippen LogP contribution in [0.25, 0.3) is 16.2 Å². The first kappa shape index (κ1) is 25.2. The zero-order valence-electron chi connectivity index (χ0n) is 17.4. The molecule has 0 aliphatic heterocycles. The topological polar surface area (TPSA) is 54.9 Å². The van der Waals surface area contributed by atoms with Crippen LogP contribution in [-0.2, 0) is 22.6 Å². The van der Waals surface area contributed by atoms with Crippen molar-refractivity contribution in [1.29, 1.82) is 0 Å². The molecule has 0 N–H and O–H groups in total. The van der Waals surface area contributed by atoms with Gasteiger partial charge in [-0.05, 0) is 48.5 Å². The van der Waals surface area contributed by atoms with Crippen LogP contribution in [-0.4, -0.2) is 27.4 Å². The van der Waals surface area contributed by atoms with E-state index in [0.29, 0.717) is 16.5 Å². The predicted molar refractivity (Wildman–Crippen MR) is 112 cm³/mol. The summed E-state index contributed by atoms with van der Waals surface area (Å²) in [6, 6.07) is 10.8. The van der Waals surface area contributed by atoms with Gasteiger partial charge in [0.25, 0.3) is 0 Å². The summed E-state index contributed by atoms with van der Waals surface area (Å²) in [5.41, 5.74) is -1.98. The summed E-state index contributed by atoms with van der Waals surface area (Å²) in [5.74, 6) is 0.274. The summed E-state index contributed by atoms with van der Waals surface area (Å²) in [4.78, 5) is 3.52. The van der Waals surface area contributed by atoms with Gasteiger partial charge in [0, 0.05) is 17.5 Å². The molecule has 0 spiro atoms. The Morgan fingerprint density at radius 3 is 2.15 bits per heavy atom. The van der Waals surface area contributed by atoms with E-state index in [2.05, 4.69) is 4.85 Å². The van der Waals surface area contributed by atoms with Crippen molar-refractivity contribution in [1.82, 2.24) is 0 Å². The van der Waals surface area contributed by atoms with Gasteiger partial charge in [0.05, 0.1) is 23.6 Å². The van der Waals surface area contributed by atoms with Crippen LogP contribution in [0.15, 0.2) is 63.9 Å². The zero-order chi connectivity index (χ0) is 25.3. The highest BCUT2D eigenvalue weighted by Gasteiger charge is 2.36. The zero-order valence-corrected chi connectivity index (χ0v) is 18.2. The van der Waals surface area contributed by atoms with E-state index in [1.54, 1.807) is 0 Å². The number of anilines is 1. The van der Waals surface area contributed by atoms with E-state index in [0.717, 1.165) is 18.4 Å². The van der Waals surface area contributed by atoms with Gasteiger partial charge >= 0.3 is 12.4 Å². The largest absolute Gasteiger partial charge is 0.459 e. The van der Waals surface area contributed by atoms with Gasteiger partial charge in [-0.25, -0.2) is 13.3 Å². The highest BCUT2D eigenvalue weighted by atomic mass is 32.2. The summed E-state index contributed by atoms with van der Waals surface area (Å²) in [7, 11) is -3.42. The van der Waals surface area contributed by atoms with Gasteiger partial charge in [-0.15, -0.1) is 0 Å². The second-order valence-corrected chi connectivity index (χ2v) is 9.36. The van der Waals surface area contributed by atoms with Gasteiger partial charge < -0.3 is 9.32 Å². The van der Waals surface area contributed by atoms with Crippen LogP contribution in [0.3, 0.4) is 0 Å². The third-order valence-corrected chi connectivity index (χ3v) is 5.85. The molecule has 0 aliphatic rings. The van der Waals surface area contributed by atoms with Crippen molar-refractivity contribution in [2.45, 2.75) is 23.8 Å². The molecule has 34 heavy (non-hydrogen) atoms. The van der Waals surface area contributed by atoms with E-state index < -0.39 is 46.5 Å². The lowest BCUT2D eigenvalue weighted by Crippen LogP contribution is -2.33. The van der Waals surface area contributed by atoms with Crippen LogP contribution in [0, 0.1) is 6.57 Å². The molecule has 0 amide bonds.